The molecule has 0 spiro atoms. The van der Waals surface area contributed by atoms with Crippen LogP contribution in [0, 0.1) is 0 Å². The highest BCUT2D eigenvalue weighted by molar-refractivity contribution is 5.91. The van der Waals surface area contributed by atoms with Crippen LogP contribution in [0.3, 0.4) is 0 Å². The van der Waals surface area contributed by atoms with Crippen molar-refractivity contribution in [1.82, 2.24) is 0 Å². The van der Waals surface area contributed by atoms with Crippen LogP contribution >= 0.6 is 0 Å². The van der Waals surface area contributed by atoms with Gasteiger partial charge in [-0.05, 0) is 18.1 Å². The summed E-state index contributed by atoms with van der Waals surface area (Å²) in [5, 5.41) is 20.8. The van der Waals surface area contributed by atoms with Gasteiger partial charge in [0.05, 0.1) is 5.69 Å². The maximum atomic E-state index is 10.8. The van der Waals surface area contributed by atoms with Gasteiger partial charge in [-0.25, -0.2) is 0 Å². The van der Waals surface area contributed by atoms with Crippen LogP contribution in [0.1, 0.15) is 12.5 Å². The average molecular weight is 195 g/mol. The Morgan fingerprint density at radius 3 is 2.79 bits per heavy atom. The number of nitrogens with one attached hydrogen (secondary N) is 1. The minimum absolute atomic E-state index is 0.0178. The highest BCUT2D eigenvalue weighted by Crippen LogP contribution is 2.27. The van der Waals surface area contributed by atoms with Gasteiger partial charge in [0.15, 0.2) is 0 Å². The number of aliphatic hydroxyl groups excluding tert-OH is 1. The number of phenols is 1. The summed E-state index contributed by atoms with van der Waals surface area (Å²) in [5.41, 5.74) is 1.11. The fraction of sp³-hybridized carbons (Fsp3) is 0.300. The number of phenolic OH excluding ortho intramolecular Hbond substituents is 1. The minimum atomic E-state index is -0.245. The van der Waals surface area contributed by atoms with Crippen LogP contribution in [0.15, 0.2) is 18.2 Å². The zero-order valence-electron chi connectivity index (χ0n) is 7.95. The molecule has 0 heterocycles. The fourth-order valence-electron chi connectivity index (χ4n) is 1.24. The lowest BCUT2D eigenvalue weighted by Crippen LogP contribution is -2.09. The van der Waals surface area contributed by atoms with E-state index in [-0.39, 0.29) is 18.3 Å². The molecule has 0 saturated heterocycles. The number of benzene rings is 1. The van der Waals surface area contributed by atoms with E-state index in [1.54, 1.807) is 12.1 Å². The van der Waals surface area contributed by atoms with E-state index in [1.165, 1.54) is 13.0 Å². The third kappa shape index (κ3) is 2.47. The lowest BCUT2D eigenvalue weighted by Gasteiger charge is -2.10. The van der Waals surface area contributed by atoms with E-state index in [2.05, 4.69) is 5.32 Å². The van der Waals surface area contributed by atoms with Crippen molar-refractivity contribution >= 4 is 11.6 Å². The van der Waals surface area contributed by atoms with Crippen LogP contribution < -0.4 is 5.32 Å². The zero-order valence-corrected chi connectivity index (χ0v) is 7.95. The Labute approximate surface area is 82.2 Å². The quantitative estimate of drug-likeness (QED) is 0.627. The van der Waals surface area contributed by atoms with Gasteiger partial charge in [-0.3, -0.25) is 4.79 Å². The van der Waals surface area contributed by atoms with Gasteiger partial charge in [0.1, 0.15) is 5.75 Å². The summed E-state index contributed by atoms with van der Waals surface area (Å²) in [6.45, 7) is 1.35. The molecule has 0 atom stereocenters. The Hall–Kier alpha value is -1.55. The highest BCUT2D eigenvalue weighted by atomic mass is 16.3. The van der Waals surface area contributed by atoms with Crippen LogP contribution in [-0.2, 0) is 11.2 Å². The van der Waals surface area contributed by atoms with Crippen LogP contribution in [0.25, 0.3) is 0 Å². The summed E-state index contributed by atoms with van der Waals surface area (Å²) in [6.07, 6.45) is 0.407. The van der Waals surface area contributed by atoms with Gasteiger partial charge in [0.25, 0.3) is 0 Å². The van der Waals surface area contributed by atoms with Crippen LogP contribution in [0.5, 0.6) is 5.75 Å². The molecule has 76 valence electrons. The molecular weight excluding hydrogens is 182 g/mol. The Kier molecular flexibility index (Phi) is 3.48. The summed E-state index contributed by atoms with van der Waals surface area (Å²) < 4.78 is 0. The van der Waals surface area contributed by atoms with Crippen LogP contribution in [0.4, 0.5) is 5.69 Å². The predicted octanol–water partition coefficient (Wildman–Crippen LogP) is 0.885. The number of hydrogen-bond donors (Lipinski definition) is 3. The number of carbonyl (C=O) groups is 1. The molecule has 0 aliphatic rings. The molecule has 1 aromatic carbocycles. The van der Waals surface area contributed by atoms with Gasteiger partial charge in [0, 0.05) is 13.5 Å². The monoisotopic (exact) mass is 195 g/mol. The number of rotatable bonds is 3. The molecule has 14 heavy (non-hydrogen) atoms. The summed E-state index contributed by atoms with van der Waals surface area (Å²) in [6, 6.07) is 4.92. The van der Waals surface area contributed by atoms with Crippen molar-refractivity contribution in [2.24, 2.45) is 0 Å². The third-order valence-electron chi connectivity index (χ3n) is 1.81. The third-order valence-corrected chi connectivity index (χ3v) is 1.81. The number of aromatic hydroxyl groups is 1. The molecule has 0 fully saturated rings. The number of para-hydroxylation sites is 1. The molecule has 0 radical (unpaired) electrons. The van der Waals surface area contributed by atoms with Gasteiger partial charge in [-0.2, -0.15) is 0 Å². The Balaban J connectivity index is 3.02. The summed E-state index contributed by atoms with van der Waals surface area (Å²) in [4.78, 5) is 10.8. The van der Waals surface area contributed by atoms with Crippen molar-refractivity contribution in [3.05, 3.63) is 23.8 Å². The largest absolute Gasteiger partial charge is 0.506 e. The second kappa shape index (κ2) is 4.62. The number of carbonyl (C=O) groups excluding carboxylic acids is 1. The van der Waals surface area contributed by atoms with Crippen molar-refractivity contribution in [2.75, 3.05) is 11.9 Å². The first-order chi connectivity index (χ1) is 6.65. The van der Waals surface area contributed by atoms with Crippen molar-refractivity contribution in [3.8, 4) is 5.75 Å². The van der Waals surface area contributed by atoms with E-state index in [0.717, 1.165) is 5.56 Å². The smallest absolute Gasteiger partial charge is 0.221 e. The molecule has 0 unspecified atom stereocenters. The molecule has 4 nitrogen and oxygen atoms in total. The van der Waals surface area contributed by atoms with Crippen molar-refractivity contribution in [2.45, 2.75) is 13.3 Å². The molecule has 0 aromatic heterocycles. The first-order valence-electron chi connectivity index (χ1n) is 4.34. The van der Waals surface area contributed by atoms with Crippen LogP contribution in [0.2, 0.25) is 0 Å². The number of anilines is 1. The van der Waals surface area contributed by atoms with Gasteiger partial charge >= 0.3 is 0 Å². The zero-order chi connectivity index (χ0) is 10.6. The molecule has 0 aliphatic carbocycles. The molecule has 4 heteroatoms. The van der Waals surface area contributed by atoms with Crippen molar-refractivity contribution < 1.29 is 15.0 Å². The minimum Gasteiger partial charge on any atom is -0.506 e. The molecule has 1 aromatic rings. The average Bonchev–Trinajstić information content (AvgIpc) is 2.11. The van der Waals surface area contributed by atoms with Crippen molar-refractivity contribution in [3.63, 3.8) is 0 Å². The molecule has 1 amide bonds. The van der Waals surface area contributed by atoms with Gasteiger partial charge in [-0.15, -0.1) is 0 Å². The van der Waals surface area contributed by atoms with Gasteiger partial charge in [0.2, 0.25) is 5.91 Å². The van der Waals surface area contributed by atoms with E-state index < -0.39 is 0 Å². The van der Waals surface area contributed by atoms with Gasteiger partial charge < -0.3 is 15.5 Å². The second-order valence-corrected chi connectivity index (χ2v) is 2.97. The van der Waals surface area contributed by atoms with E-state index in [4.69, 9.17) is 5.11 Å². The maximum absolute atomic E-state index is 10.8. The first kappa shape index (κ1) is 10.5. The first-order valence-corrected chi connectivity index (χ1v) is 4.34. The van der Waals surface area contributed by atoms with Crippen LogP contribution in [-0.4, -0.2) is 22.7 Å². The van der Waals surface area contributed by atoms with Crippen molar-refractivity contribution in [1.29, 1.82) is 0 Å². The maximum Gasteiger partial charge on any atom is 0.221 e. The van der Waals surface area contributed by atoms with E-state index in [0.29, 0.717) is 12.1 Å². The lowest BCUT2D eigenvalue weighted by molar-refractivity contribution is -0.114. The predicted molar refractivity (Wildman–Crippen MR) is 53.2 cm³/mol. The second-order valence-electron chi connectivity index (χ2n) is 2.97. The summed E-state index contributed by atoms with van der Waals surface area (Å²) >= 11 is 0. The highest BCUT2D eigenvalue weighted by Gasteiger charge is 2.07. The number of hydrogen-bond acceptors (Lipinski definition) is 3. The summed E-state index contributed by atoms with van der Waals surface area (Å²) in [5.74, 6) is -0.225. The summed E-state index contributed by atoms with van der Waals surface area (Å²) in [7, 11) is 0. The Bertz CT molecular complexity index is 336. The molecule has 1 rings (SSSR count). The van der Waals surface area contributed by atoms with E-state index >= 15 is 0 Å². The Morgan fingerprint density at radius 2 is 2.21 bits per heavy atom. The standard InChI is InChI=1S/C10H13NO3/c1-7(13)11-10-8(5-6-12)3-2-4-9(10)14/h2-4,12,14H,5-6H2,1H3,(H,11,13). The van der Waals surface area contributed by atoms with Gasteiger partial charge in [-0.1, -0.05) is 12.1 Å². The topological polar surface area (TPSA) is 69.6 Å². The van der Waals surface area contributed by atoms with E-state index in [1.807, 2.05) is 0 Å². The molecule has 3 N–H and O–H groups in total. The molecule has 0 bridgehead atoms. The number of amides is 1. The molecule has 0 aliphatic heterocycles. The SMILES string of the molecule is CC(=O)Nc1c(O)cccc1CCO. The molecule has 0 saturated carbocycles. The molecular formula is C10H13NO3. The van der Waals surface area contributed by atoms with E-state index in [9.17, 15) is 9.90 Å². The lowest BCUT2D eigenvalue weighted by atomic mass is 10.1. The Morgan fingerprint density at radius 1 is 1.50 bits per heavy atom. The normalized spacial score (nSPS) is 9.86. The fourth-order valence-corrected chi connectivity index (χ4v) is 1.24. The number of aliphatic hydroxyl groups is 1.